The summed E-state index contributed by atoms with van der Waals surface area (Å²) in [5, 5.41) is 0.620. The van der Waals surface area contributed by atoms with Crippen molar-refractivity contribution in [2.45, 2.75) is 18.9 Å². The van der Waals surface area contributed by atoms with Gasteiger partial charge in [0.05, 0.1) is 18.6 Å². The number of para-hydroxylation sites is 1. The molecule has 0 aliphatic carbocycles. The number of aromatic nitrogens is 1. The summed E-state index contributed by atoms with van der Waals surface area (Å²) >= 11 is 0. The molecule has 2 aromatic carbocycles. The zero-order valence-corrected chi connectivity index (χ0v) is 12.8. The molecule has 116 valence electrons. The van der Waals surface area contributed by atoms with Gasteiger partial charge in [0.25, 0.3) is 11.6 Å². The van der Waals surface area contributed by atoms with Crippen LogP contribution in [0.4, 0.5) is 0 Å². The lowest BCUT2D eigenvalue weighted by molar-refractivity contribution is -0.885. The second kappa shape index (κ2) is 5.97. The van der Waals surface area contributed by atoms with Crippen LogP contribution in [0.15, 0.2) is 64.0 Å². The second-order valence-electron chi connectivity index (χ2n) is 5.84. The Morgan fingerprint density at radius 3 is 2.52 bits per heavy atom. The first-order valence-electron chi connectivity index (χ1n) is 7.94. The van der Waals surface area contributed by atoms with E-state index in [0.29, 0.717) is 24.2 Å². The fourth-order valence-corrected chi connectivity index (χ4v) is 3.11. The summed E-state index contributed by atoms with van der Waals surface area (Å²) in [5.74, 6) is 0. The summed E-state index contributed by atoms with van der Waals surface area (Å²) < 4.78 is 13.2. The van der Waals surface area contributed by atoms with Gasteiger partial charge in [-0.25, -0.2) is 4.52 Å². The van der Waals surface area contributed by atoms with Crippen molar-refractivity contribution in [1.82, 2.24) is 0 Å². The highest BCUT2D eigenvalue weighted by Gasteiger charge is 2.27. The zero-order valence-electron chi connectivity index (χ0n) is 12.8. The van der Waals surface area contributed by atoms with Crippen LogP contribution < -0.4 is 10.2 Å². The van der Waals surface area contributed by atoms with Crippen molar-refractivity contribution < 1.29 is 14.0 Å². The van der Waals surface area contributed by atoms with E-state index in [2.05, 4.69) is 0 Å². The van der Waals surface area contributed by atoms with E-state index in [1.165, 1.54) is 0 Å². The van der Waals surface area contributed by atoms with Crippen LogP contribution in [-0.2, 0) is 4.74 Å². The Morgan fingerprint density at radius 1 is 0.957 bits per heavy atom. The van der Waals surface area contributed by atoms with Gasteiger partial charge in [0, 0.05) is 18.4 Å². The van der Waals surface area contributed by atoms with Crippen molar-refractivity contribution in [2.24, 2.45) is 0 Å². The largest absolute Gasteiger partial charge is 0.381 e. The number of benzene rings is 2. The maximum absolute atomic E-state index is 12.5. The van der Waals surface area contributed by atoms with E-state index in [9.17, 15) is 4.79 Å². The summed E-state index contributed by atoms with van der Waals surface area (Å²) in [5.41, 5.74) is 2.64. The van der Waals surface area contributed by atoms with Crippen molar-refractivity contribution in [3.05, 3.63) is 65.0 Å². The summed E-state index contributed by atoms with van der Waals surface area (Å²) in [7, 11) is 0. The highest BCUT2D eigenvalue weighted by atomic mass is 16.5. The molecule has 1 aromatic heterocycles. The number of rotatable bonds is 2. The van der Waals surface area contributed by atoms with Gasteiger partial charge in [-0.1, -0.05) is 42.5 Å². The molecule has 1 saturated heterocycles. The van der Waals surface area contributed by atoms with E-state index in [4.69, 9.17) is 9.26 Å². The molecule has 0 bridgehead atoms. The molecule has 1 fully saturated rings. The van der Waals surface area contributed by atoms with E-state index in [-0.39, 0.29) is 11.5 Å². The monoisotopic (exact) mass is 308 g/mol. The van der Waals surface area contributed by atoms with Crippen molar-refractivity contribution in [3.8, 4) is 11.1 Å². The van der Waals surface area contributed by atoms with E-state index >= 15 is 0 Å². The fourth-order valence-electron chi connectivity index (χ4n) is 3.11. The maximum Gasteiger partial charge on any atom is 0.264 e. The van der Waals surface area contributed by atoms with Gasteiger partial charge in [-0.15, -0.1) is 0 Å². The molecule has 0 spiro atoms. The van der Waals surface area contributed by atoms with Gasteiger partial charge in [0.1, 0.15) is 0 Å². The number of ether oxygens (including phenoxy) is 1. The molecule has 23 heavy (non-hydrogen) atoms. The Morgan fingerprint density at radius 2 is 1.74 bits per heavy atom. The zero-order chi connectivity index (χ0) is 15.6. The lowest BCUT2D eigenvalue weighted by Crippen LogP contribution is -2.44. The highest BCUT2D eigenvalue weighted by molar-refractivity contribution is 5.91. The van der Waals surface area contributed by atoms with E-state index < -0.39 is 0 Å². The Balaban J connectivity index is 1.91. The molecule has 4 heteroatoms. The van der Waals surface area contributed by atoms with Crippen LogP contribution in [0.3, 0.4) is 0 Å². The van der Waals surface area contributed by atoms with Gasteiger partial charge in [-0.2, -0.15) is 0 Å². The molecule has 3 aromatic rings. The van der Waals surface area contributed by atoms with Gasteiger partial charge in [0.2, 0.25) is 11.6 Å². The average Bonchev–Trinajstić information content (AvgIpc) is 2.63. The highest BCUT2D eigenvalue weighted by Crippen LogP contribution is 2.26. The number of fused-ring (bicyclic) bond motifs is 1. The molecule has 0 N–H and O–H groups in total. The number of hydrogen-bond acceptors (Lipinski definition) is 3. The first-order valence-corrected chi connectivity index (χ1v) is 7.94. The average molecular weight is 308 g/mol. The summed E-state index contributed by atoms with van der Waals surface area (Å²) in [6, 6.07) is 15.9. The number of hydrogen-bond donors (Lipinski definition) is 0. The van der Waals surface area contributed by atoms with Crippen LogP contribution in [0.1, 0.15) is 18.9 Å². The fraction of sp³-hybridized carbons (Fsp3) is 0.263. The lowest BCUT2D eigenvalue weighted by atomic mass is 10.0. The smallest absolute Gasteiger partial charge is 0.264 e. The van der Waals surface area contributed by atoms with Crippen molar-refractivity contribution >= 4 is 11.0 Å². The van der Waals surface area contributed by atoms with E-state index in [0.717, 1.165) is 24.0 Å². The molecule has 0 unspecified atom stereocenters. The molecule has 0 atom stereocenters. The van der Waals surface area contributed by atoms with Gasteiger partial charge in [0.15, 0.2) is 0 Å². The minimum Gasteiger partial charge on any atom is -0.381 e. The Bertz CT molecular complexity index is 880. The van der Waals surface area contributed by atoms with Gasteiger partial charge in [-0.3, -0.25) is 4.79 Å². The molecular weight excluding hydrogens is 290 g/mol. The Labute approximate surface area is 133 Å². The first kappa shape index (κ1) is 14.2. The topological polar surface area (TPSA) is 43.3 Å². The minimum atomic E-state index is -0.00415. The third-order valence-electron chi connectivity index (χ3n) is 4.36. The number of nitrogens with zero attached hydrogens (tertiary/aromatic N) is 1. The summed E-state index contributed by atoms with van der Waals surface area (Å²) in [4.78, 5) is 12.5. The van der Waals surface area contributed by atoms with Crippen molar-refractivity contribution in [1.29, 1.82) is 0 Å². The third kappa shape index (κ3) is 2.66. The molecule has 4 nitrogen and oxygen atoms in total. The van der Waals surface area contributed by atoms with E-state index in [1.807, 2.05) is 48.5 Å². The predicted octanol–water partition coefficient (Wildman–Crippen LogP) is 3.10. The quantitative estimate of drug-likeness (QED) is 0.683. The van der Waals surface area contributed by atoms with Gasteiger partial charge in [-0.05, 0) is 16.4 Å². The molecule has 2 heterocycles. The first-order chi connectivity index (χ1) is 11.3. The van der Waals surface area contributed by atoms with Crippen molar-refractivity contribution in [2.75, 3.05) is 13.2 Å². The Hall–Kier alpha value is -2.46. The molecule has 4 rings (SSSR count). The normalized spacial score (nSPS) is 15.8. The molecule has 0 radical (unpaired) electrons. The van der Waals surface area contributed by atoms with Gasteiger partial charge >= 0.3 is 0 Å². The molecule has 1 aliphatic heterocycles. The van der Waals surface area contributed by atoms with E-state index in [1.54, 1.807) is 10.9 Å². The SMILES string of the molecule is O=c1c[n+](C2CCOCC2)oc2c(-c3ccccc3)cccc12. The molecule has 0 saturated carbocycles. The van der Waals surface area contributed by atoms with Crippen molar-refractivity contribution in [3.63, 3.8) is 0 Å². The summed E-state index contributed by atoms with van der Waals surface area (Å²) in [6.07, 6.45) is 3.31. The van der Waals surface area contributed by atoms with Crippen LogP contribution in [0, 0.1) is 0 Å². The second-order valence-corrected chi connectivity index (χ2v) is 5.84. The van der Waals surface area contributed by atoms with Crippen LogP contribution >= 0.6 is 0 Å². The standard InChI is InChI=1S/C19H18NO3/c21-18-13-20(15-9-11-22-12-10-15)23-19-16(7-4-8-17(18)19)14-5-2-1-3-6-14/h1-8,13,15H,9-12H2/q+1. The molecular formula is C19H18NO3+. The van der Waals surface area contributed by atoms with Crippen LogP contribution in [-0.4, -0.2) is 13.2 Å². The third-order valence-corrected chi connectivity index (χ3v) is 4.36. The van der Waals surface area contributed by atoms with Crippen LogP contribution in [0.25, 0.3) is 22.1 Å². The maximum atomic E-state index is 12.5. The molecule has 0 amide bonds. The Kier molecular flexibility index (Phi) is 3.67. The van der Waals surface area contributed by atoms with Crippen LogP contribution in [0.2, 0.25) is 0 Å². The van der Waals surface area contributed by atoms with Gasteiger partial charge < -0.3 is 4.74 Å². The lowest BCUT2D eigenvalue weighted by Gasteiger charge is -2.15. The predicted molar refractivity (Wildman–Crippen MR) is 87.2 cm³/mol. The van der Waals surface area contributed by atoms with Crippen LogP contribution in [0.5, 0.6) is 0 Å². The minimum absolute atomic E-state index is 0.00415. The summed E-state index contributed by atoms with van der Waals surface area (Å²) in [6.45, 7) is 1.42. The molecule has 1 aliphatic rings.